The molecule has 0 radical (unpaired) electrons. The van der Waals surface area contributed by atoms with E-state index >= 15 is 0 Å². The van der Waals surface area contributed by atoms with Crippen molar-refractivity contribution in [2.24, 2.45) is 0 Å². The number of hydrogen-bond donors (Lipinski definition) is 2. The predicted molar refractivity (Wildman–Crippen MR) is 103 cm³/mol. The van der Waals surface area contributed by atoms with Crippen LogP contribution in [0.3, 0.4) is 0 Å². The Morgan fingerprint density at radius 1 is 1.04 bits per heavy atom. The van der Waals surface area contributed by atoms with Crippen LogP contribution in [0.2, 0.25) is 0 Å². The van der Waals surface area contributed by atoms with Gasteiger partial charge in [0.1, 0.15) is 11.5 Å². The topological polar surface area (TPSA) is 70.2 Å². The molecule has 6 heteroatoms. The highest BCUT2D eigenvalue weighted by Crippen LogP contribution is 2.18. The SMILES string of the molecule is CCCCNc1cnc(C(=O)Nc2ccc(N(CC)CC)cc2)cn1. The van der Waals surface area contributed by atoms with Crippen molar-refractivity contribution in [2.75, 3.05) is 35.2 Å². The van der Waals surface area contributed by atoms with Gasteiger partial charge >= 0.3 is 0 Å². The number of hydrogen-bond acceptors (Lipinski definition) is 5. The molecule has 25 heavy (non-hydrogen) atoms. The van der Waals surface area contributed by atoms with Crippen LogP contribution in [0.4, 0.5) is 17.2 Å². The molecular formula is C19H27N5O. The Morgan fingerprint density at radius 3 is 2.32 bits per heavy atom. The van der Waals surface area contributed by atoms with Crippen molar-refractivity contribution in [1.29, 1.82) is 0 Å². The third-order valence-corrected chi connectivity index (χ3v) is 3.97. The number of nitrogens with zero attached hydrogens (tertiary/aromatic N) is 3. The second-order valence-corrected chi connectivity index (χ2v) is 5.74. The molecule has 0 bridgehead atoms. The van der Waals surface area contributed by atoms with Crippen molar-refractivity contribution in [3.63, 3.8) is 0 Å². The molecule has 2 rings (SSSR count). The minimum atomic E-state index is -0.261. The van der Waals surface area contributed by atoms with Crippen LogP contribution in [-0.2, 0) is 0 Å². The summed E-state index contributed by atoms with van der Waals surface area (Å²) in [6.07, 6.45) is 5.28. The molecule has 1 amide bonds. The fourth-order valence-electron chi connectivity index (χ4n) is 2.47. The maximum Gasteiger partial charge on any atom is 0.275 e. The molecule has 0 aliphatic rings. The van der Waals surface area contributed by atoms with Crippen molar-refractivity contribution < 1.29 is 4.79 Å². The third-order valence-electron chi connectivity index (χ3n) is 3.97. The summed E-state index contributed by atoms with van der Waals surface area (Å²) in [4.78, 5) is 22.9. The summed E-state index contributed by atoms with van der Waals surface area (Å²) in [6, 6.07) is 7.82. The van der Waals surface area contributed by atoms with E-state index in [0.717, 1.165) is 43.9 Å². The van der Waals surface area contributed by atoms with Crippen LogP contribution >= 0.6 is 0 Å². The number of nitrogens with one attached hydrogen (secondary N) is 2. The minimum Gasteiger partial charge on any atom is -0.372 e. The van der Waals surface area contributed by atoms with Gasteiger partial charge in [-0.15, -0.1) is 0 Å². The van der Waals surface area contributed by atoms with Gasteiger partial charge in [0.05, 0.1) is 12.4 Å². The maximum absolute atomic E-state index is 12.3. The van der Waals surface area contributed by atoms with Gasteiger partial charge in [0, 0.05) is 31.0 Å². The molecular weight excluding hydrogens is 314 g/mol. The molecule has 1 heterocycles. The summed E-state index contributed by atoms with van der Waals surface area (Å²) < 4.78 is 0. The summed E-state index contributed by atoms with van der Waals surface area (Å²) in [7, 11) is 0. The van der Waals surface area contributed by atoms with Crippen molar-refractivity contribution in [2.45, 2.75) is 33.6 Å². The molecule has 0 spiro atoms. The van der Waals surface area contributed by atoms with Crippen molar-refractivity contribution in [1.82, 2.24) is 9.97 Å². The van der Waals surface area contributed by atoms with Crippen LogP contribution in [0, 0.1) is 0 Å². The lowest BCUT2D eigenvalue weighted by Gasteiger charge is -2.21. The lowest BCUT2D eigenvalue weighted by atomic mass is 10.2. The van der Waals surface area contributed by atoms with Gasteiger partial charge in [0.15, 0.2) is 0 Å². The average molecular weight is 341 g/mol. The van der Waals surface area contributed by atoms with Gasteiger partial charge in [0.25, 0.3) is 5.91 Å². The Hall–Kier alpha value is -2.63. The van der Waals surface area contributed by atoms with E-state index in [1.807, 2.05) is 24.3 Å². The molecule has 0 unspecified atom stereocenters. The van der Waals surface area contributed by atoms with E-state index in [2.05, 4.69) is 46.3 Å². The Labute approximate surface area is 149 Å². The molecule has 2 aromatic rings. The first-order valence-electron chi connectivity index (χ1n) is 8.90. The fourth-order valence-corrected chi connectivity index (χ4v) is 2.47. The van der Waals surface area contributed by atoms with E-state index in [1.54, 1.807) is 6.20 Å². The highest BCUT2D eigenvalue weighted by atomic mass is 16.1. The third kappa shape index (κ3) is 5.45. The van der Waals surface area contributed by atoms with Crippen molar-refractivity contribution in [3.05, 3.63) is 42.4 Å². The zero-order valence-electron chi connectivity index (χ0n) is 15.2. The maximum atomic E-state index is 12.3. The molecule has 0 aliphatic heterocycles. The lowest BCUT2D eigenvalue weighted by Crippen LogP contribution is -2.21. The monoisotopic (exact) mass is 341 g/mol. The number of aromatic nitrogens is 2. The number of unbranched alkanes of at least 4 members (excludes halogenated alkanes) is 1. The zero-order chi connectivity index (χ0) is 18.1. The van der Waals surface area contributed by atoms with Gasteiger partial charge in [-0.05, 0) is 44.5 Å². The molecule has 0 aliphatic carbocycles. The highest BCUT2D eigenvalue weighted by molar-refractivity contribution is 6.02. The standard InChI is InChI=1S/C19H27N5O/c1-4-7-12-20-18-14-21-17(13-22-18)19(25)23-15-8-10-16(11-9-15)24(5-2)6-3/h8-11,13-14H,4-7,12H2,1-3H3,(H,20,22)(H,23,25). The highest BCUT2D eigenvalue weighted by Gasteiger charge is 2.09. The molecule has 0 saturated heterocycles. The first-order chi connectivity index (χ1) is 12.2. The summed E-state index contributed by atoms with van der Waals surface area (Å²) in [6.45, 7) is 9.15. The zero-order valence-corrected chi connectivity index (χ0v) is 15.2. The Morgan fingerprint density at radius 2 is 1.76 bits per heavy atom. The van der Waals surface area contributed by atoms with Crippen LogP contribution in [-0.4, -0.2) is 35.5 Å². The summed E-state index contributed by atoms with van der Waals surface area (Å²) in [5.74, 6) is 0.428. The number of carbonyl (C=O) groups is 1. The molecule has 6 nitrogen and oxygen atoms in total. The van der Waals surface area contributed by atoms with Crippen molar-refractivity contribution >= 4 is 23.1 Å². The Kier molecular flexibility index (Phi) is 7.19. The van der Waals surface area contributed by atoms with Gasteiger partial charge < -0.3 is 15.5 Å². The molecule has 1 aromatic carbocycles. The van der Waals surface area contributed by atoms with Gasteiger partial charge in [-0.25, -0.2) is 9.97 Å². The van der Waals surface area contributed by atoms with E-state index in [4.69, 9.17) is 0 Å². The second kappa shape index (κ2) is 9.61. The second-order valence-electron chi connectivity index (χ2n) is 5.74. The van der Waals surface area contributed by atoms with E-state index < -0.39 is 0 Å². The molecule has 1 aromatic heterocycles. The number of amides is 1. The van der Waals surface area contributed by atoms with Crippen molar-refractivity contribution in [3.8, 4) is 0 Å². The number of benzene rings is 1. The van der Waals surface area contributed by atoms with Crippen LogP contribution in [0.1, 0.15) is 44.1 Å². The number of carbonyl (C=O) groups excluding carboxylic acids is 1. The van der Waals surface area contributed by atoms with Gasteiger partial charge in [-0.3, -0.25) is 4.79 Å². The molecule has 134 valence electrons. The van der Waals surface area contributed by atoms with Crippen LogP contribution < -0.4 is 15.5 Å². The smallest absolute Gasteiger partial charge is 0.275 e. The van der Waals surface area contributed by atoms with Gasteiger partial charge in [-0.1, -0.05) is 13.3 Å². The first kappa shape index (κ1) is 18.7. The Balaban J connectivity index is 1.95. The van der Waals surface area contributed by atoms with Gasteiger partial charge in [0.2, 0.25) is 0 Å². The predicted octanol–water partition coefficient (Wildman–Crippen LogP) is 3.79. The normalized spacial score (nSPS) is 10.4. The van der Waals surface area contributed by atoms with Crippen LogP contribution in [0.5, 0.6) is 0 Å². The van der Waals surface area contributed by atoms with E-state index in [0.29, 0.717) is 11.5 Å². The number of rotatable bonds is 9. The molecule has 0 atom stereocenters. The summed E-state index contributed by atoms with van der Waals surface area (Å²) >= 11 is 0. The quantitative estimate of drug-likeness (QED) is 0.679. The fraction of sp³-hybridized carbons (Fsp3) is 0.421. The molecule has 2 N–H and O–H groups in total. The number of anilines is 3. The first-order valence-corrected chi connectivity index (χ1v) is 8.90. The van der Waals surface area contributed by atoms with Crippen LogP contribution in [0.15, 0.2) is 36.7 Å². The largest absolute Gasteiger partial charge is 0.372 e. The summed E-state index contributed by atoms with van der Waals surface area (Å²) in [5.41, 5.74) is 2.19. The average Bonchev–Trinajstić information content (AvgIpc) is 2.65. The van der Waals surface area contributed by atoms with Crippen LogP contribution in [0.25, 0.3) is 0 Å². The molecule has 0 saturated carbocycles. The van der Waals surface area contributed by atoms with Gasteiger partial charge in [-0.2, -0.15) is 0 Å². The van der Waals surface area contributed by atoms with E-state index in [9.17, 15) is 4.79 Å². The summed E-state index contributed by atoms with van der Waals surface area (Å²) in [5, 5.41) is 6.03. The van der Waals surface area contributed by atoms with E-state index in [1.165, 1.54) is 6.20 Å². The Bertz CT molecular complexity index is 651. The minimum absolute atomic E-state index is 0.261. The van der Waals surface area contributed by atoms with E-state index in [-0.39, 0.29) is 5.91 Å². The molecule has 0 fully saturated rings. The lowest BCUT2D eigenvalue weighted by molar-refractivity contribution is 0.102.